The van der Waals surface area contributed by atoms with Gasteiger partial charge >= 0.3 is 11.9 Å². The molecule has 0 rings (SSSR count). The summed E-state index contributed by atoms with van der Waals surface area (Å²) >= 11 is 0. The number of carbonyl (C=O) groups excluding carboxylic acids is 2. The molecule has 0 aliphatic heterocycles. The van der Waals surface area contributed by atoms with Crippen molar-refractivity contribution in [3.05, 3.63) is 11.6 Å². The van der Waals surface area contributed by atoms with Gasteiger partial charge in [-0.2, -0.15) is 0 Å². The second-order valence-corrected chi connectivity index (χ2v) is 5.07. The summed E-state index contributed by atoms with van der Waals surface area (Å²) < 4.78 is 10.2. The molecule has 0 N–H and O–H groups in total. The van der Waals surface area contributed by atoms with Crippen LogP contribution in [-0.2, 0) is 19.1 Å². The molecular weight excluding hydrogens is 244 g/mol. The summed E-state index contributed by atoms with van der Waals surface area (Å²) in [6.45, 7) is 9.20. The van der Waals surface area contributed by atoms with Gasteiger partial charge in [-0.1, -0.05) is 19.8 Å². The van der Waals surface area contributed by atoms with E-state index in [1.165, 1.54) is 6.08 Å². The van der Waals surface area contributed by atoms with Gasteiger partial charge in [0.1, 0.15) is 0 Å². The van der Waals surface area contributed by atoms with Crippen molar-refractivity contribution in [3.8, 4) is 0 Å². The van der Waals surface area contributed by atoms with Crippen molar-refractivity contribution in [3.63, 3.8) is 0 Å². The van der Waals surface area contributed by atoms with Gasteiger partial charge in [-0.3, -0.25) is 0 Å². The lowest BCUT2D eigenvalue weighted by Gasteiger charge is -2.11. The van der Waals surface area contributed by atoms with E-state index in [1.54, 1.807) is 27.7 Å². The summed E-state index contributed by atoms with van der Waals surface area (Å²) in [5, 5.41) is 0. The van der Waals surface area contributed by atoms with E-state index in [2.05, 4.69) is 6.92 Å². The van der Waals surface area contributed by atoms with Gasteiger partial charge in [0.05, 0.1) is 12.2 Å². The largest absolute Gasteiger partial charge is 0.460 e. The van der Waals surface area contributed by atoms with Gasteiger partial charge in [0.2, 0.25) is 0 Å². The van der Waals surface area contributed by atoms with Crippen LogP contribution in [0.25, 0.3) is 0 Å². The maximum atomic E-state index is 11.9. The van der Waals surface area contributed by atoms with Crippen molar-refractivity contribution < 1.29 is 19.1 Å². The summed E-state index contributed by atoms with van der Waals surface area (Å²) in [5.74, 6) is -0.908. The fourth-order valence-electron chi connectivity index (χ4n) is 1.50. The molecule has 19 heavy (non-hydrogen) atoms. The van der Waals surface area contributed by atoms with Crippen molar-refractivity contribution in [2.75, 3.05) is 0 Å². The molecule has 0 amide bonds. The van der Waals surface area contributed by atoms with Crippen LogP contribution in [0.15, 0.2) is 11.6 Å². The van der Waals surface area contributed by atoms with Crippen LogP contribution in [0.5, 0.6) is 0 Å². The van der Waals surface area contributed by atoms with Crippen LogP contribution in [0, 0.1) is 0 Å². The zero-order chi connectivity index (χ0) is 14.8. The maximum absolute atomic E-state index is 11.9. The molecule has 0 aromatic carbocycles. The van der Waals surface area contributed by atoms with Crippen molar-refractivity contribution in [1.29, 1.82) is 0 Å². The summed E-state index contributed by atoms with van der Waals surface area (Å²) in [7, 11) is 0. The van der Waals surface area contributed by atoms with E-state index < -0.39 is 11.9 Å². The molecule has 0 aliphatic rings. The van der Waals surface area contributed by atoms with Gasteiger partial charge in [0, 0.05) is 11.6 Å². The van der Waals surface area contributed by atoms with Crippen LogP contribution in [0.3, 0.4) is 0 Å². The highest BCUT2D eigenvalue weighted by atomic mass is 16.5. The first-order valence-corrected chi connectivity index (χ1v) is 6.99. The molecule has 0 atom stereocenters. The van der Waals surface area contributed by atoms with Crippen molar-refractivity contribution in [2.24, 2.45) is 0 Å². The highest BCUT2D eigenvalue weighted by Crippen LogP contribution is 2.12. The molecule has 4 nitrogen and oxygen atoms in total. The normalized spacial score (nSPS) is 11.8. The van der Waals surface area contributed by atoms with Gasteiger partial charge < -0.3 is 9.47 Å². The molecule has 0 aromatic rings. The van der Waals surface area contributed by atoms with Crippen molar-refractivity contribution in [1.82, 2.24) is 0 Å². The summed E-state index contributed by atoms with van der Waals surface area (Å²) in [6, 6.07) is 0. The molecule has 0 aromatic heterocycles. The highest BCUT2D eigenvalue weighted by molar-refractivity contribution is 5.96. The minimum Gasteiger partial charge on any atom is -0.460 e. The second kappa shape index (κ2) is 9.59. The Kier molecular flexibility index (Phi) is 8.92. The Morgan fingerprint density at radius 3 is 2.05 bits per heavy atom. The molecule has 0 saturated heterocycles. The molecule has 0 unspecified atom stereocenters. The van der Waals surface area contributed by atoms with E-state index in [0.29, 0.717) is 12.0 Å². The van der Waals surface area contributed by atoms with Gasteiger partial charge in [0.15, 0.2) is 0 Å². The summed E-state index contributed by atoms with van der Waals surface area (Å²) in [5.41, 5.74) is 0.396. The Labute approximate surface area is 116 Å². The van der Waals surface area contributed by atoms with E-state index in [1.807, 2.05) is 0 Å². The maximum Gasteiger partial charge on any atom is 0.334 e. The molecule has 0 radical (unpaired) electrons. The topological polar surface area (TPSA) is 52.6 Å². The Balaban J connectivity index is 4.68. The van der Waals surface area contributed by atoms with Gasteiger partial charge in [-0.05, 0) is 40.5 Å². The molecule has 0 spiro atoms. The number of rotatable bonds is 8. The molecule has 0 bridgehead atoms. The lowest BCUT2D eigenvalue weighted by Crippen LogP contribution is -2.16. The van der Waals surface area contributed by atoms with Crippen molar-refractivity contribution >= 4 is 11.9 Å². The van der Waals surface area contributed by atoms with E-state index in [-0.39, 0.29) is 12.2 Å². The first kappa shape index (κ1) is 17.7. The SMILES string of the molecule is CCCCCC(=CC(=O)OC(C)C)C(=O)OC(C)C. The monoisotopic (exact) mass is 270 g/mol. The molecule has 0 saturated carbocycles. The molecule has 4 heteroatoms. The first-order chi connectivity index (χ1) is 8.86. The lowest BCUT2D eigenvalue weighted by atomic mass is 10.1. The summed E-state index contributed by atoms with van der Waals surface area (Å²) in [6.07, 6.45) is 4.37. The standard InChI is InChI=1S/C15H26O4/c1-6-7-8-9-13(15(17)19-12(4)5)10-14(16)18-11(2)3/h10-12H,6-9H2,1-5H3. The fraction of sp³-hybridized carbons (Fsp3) is 0.733. The number of esters is 2. The van der Waals surface area contributed by atoms with Crippen LogP contribution < -0.4 is 0 Å². The average Bonchev–Trinajstić information content (AvgIpc) is 2.25. The minimum absolute atomic E-state index is 0.191. The zero-order valence-electron chi connectivity index (χ0n) is 12.7. The Morgan fingerprint density at radius 1 is 1.00 bits per heavy atom. The Morgan fingerprint density at radius 2 is 1.58 bits per heavy atom. The van der Waals surface area contributed by atoms with E-state index in [9.17, 15) is 9.59 Å². The van der Waals surface area contributed by atoms with Crippen LogP contribution >= 0.6 is 0 Å². The molecule has 0 heterocycles. The van der Waals surface area contributed by atoms with E-state index >= 15 is 0 Å². The van der Waals surface area contributed by atoms with E-state index in [0.717, 1.165) is 19.3 Å². The fourth-order valence-corrected chi connectivity index (χ4v) is 1.50. The van der Waals surface area contributed by atoms with Crippen LogP contribution in [-0.4, -0.2) is 24.1 Å². The van der Waals surface area contributed by atoms with Crippen LogP contribution in [0.1, 0.15) is 60.3 Å². The summed E-state index contributed by atoms with van der Waals surface area (Å²) in [4.78, 5) is 23.5. The molecule has 110 valence electrons. The smallest absolute Gasteiger partial charge is 0.334 e. The number of hydrogen-bond donors (Lipinski definition) is 0. The predicted octanol–water partition coefficient (Wildman–Crippen LogP) is 3.40. The van der Waals surface area contributed by atoms with Gasteiger partial charge in [-0.15, -0.1) is 0 Å². The second-order valence-electron chi connectivity index (χ2n) is 5.07. The number of hydrogen-bond acceptors (Lipinski definition) is 4. The van der Waals surface area contributed by atoms with Crippen molar-refractivity contribution in [2.45, 2.75) is 72.5 Å². The number of carbonyl (C=O) groups is 2. The third-order valence-corrected chi connectivity index (χ3v) is 2.30. The molecule has 0 aliphatic carbocycles. The van der Waals surface area contributed by atoms with Gasteiger partial charge in [0.25, 0.3) is 0 Å². The third-order valence-electron chi connectivity index (χ3n) is 2.30. The highest BCUT2D eigenvalue weighted by Gasteiger charge is 2.15. The first-order valence-electron chi connectivity index (χ1n) is 6.99. The Hall–Kier alpha value is -1.32. The molecule has 0 fully saturated rings. The molecular formula is C15H26O4. The number of unbranched alkanes of at least 4 members (excludes halogenated alkanes) is 2. The zero-order valence-corrected chi connectivity index (χ0v) is 12.7. The van der Waals surface area contributed by atoms with Crippen LogP contribution in [0.2, 0.25) is 0 Å². The Bertz CT molecular complexity index is 316. The quantitative estimate of drug-likeness (QED) is 0.385. The van der Waals surface area contributed by atoms with E-state index in [4.69, 9.17) is 9.47 Å². The third kappa shape index (κ3) is 9.28. The van der Waals surface area contributed by atoms with Gasteiger partial charge in [-0.25, -0.2) is 9.59 Å². The lowest BCUT2D eigenvalue weighted by molar-refractivity contribution is -0.145. The predicted molar refractivity (Wildman–Crippen MR) is 74.7 cm³/mol. The number of ether oxygens (including phenoxy) is 2. The minimum atomic E-state index is -0.484. The average molecular weight is 270 g/mol. The van der Waals surface area contributed by atoms with Crippen LogP contribution in [0.4, 0.5) is 0 Å².